The summed E-state index contributed by atoms with van der Waals surface area (Å²) in [7, 11) is 0. The van der Waals surface area contributed by atoms with Crippen LogP contribution in [0.3, 0.4) is 0 Å². The predicted molar refractivity (Wildman–Crippen MR) is 85.5 cm³/mol. The van der Waals surface area contributed by atoms with E-state index in [1.54, 1.807) is 0 Å². The first kappa shape index (κ1) is 17.0. The minimum Gasteiger partial charge on any atom is -0.315 e. The summed E-state index contributed by atoms with van der Waals surface area (Å²) in [4.78, 5) is 2.75. The van der Waals surface area contributed by atoms with Gasteiger partial charge in [0.25, 0.3) is 0 Å². The van der Waals surface area contributed by atoms with Crippen LogP contribution in [0.25, 0.3) is 0 Å². The molecular weight excluding hydrogens is 232 g/mol. The Hall–Kier alpha value is -0.0800. The third-order valence-corrected chi connectivity index (χ3v) is 5.11. The van der Waals surface area contributed by atoms with Gasteiger partial charge in [0.2, 0.25) is 0 Å². The molecule has 1 heterocycles. The van der Waals surface area contributed by atoms with Crippen molar-refractivity contribution in [3.8, 4) is 0 Å². The SMILES string of the molecule is CCC1(CC)CCN(C(CNCC(C)C)C(C)C)C1. The van der Waals surface area contributed by atoms with Crippen LogP contribution in [0.2, 0.25) is 0 Å². The van der Waals surface area contributed by atoms with Crippen molar-refractivity contribution in [2.24, 2.45) is 17.3 Å². The Balaban J connectivity index is 2.53. The molecule has 2 heteroatoms. The predicted octanol–water partition coefficient (Wildman–Crippen LogP) is 3.77. The van der Waals surface area contributed by atoms with Crippen LogP contribution >= 0.6 is 0 Å². The minimum absolute atomic E-state index is 0.602. The number of nitrogens with zero attached hydrogens (tertiary/aromatic N) is 1. The van der Waals surface area contributed by atoms with E-state index in [0.29, 0.717) is 11.5 Å². The zero-order valence-electron chi connectivity index (χ0n) is 14.1. The maximum atomic E-state index is 3.66. The van der Waals surface area contributed by atoms with Crippen LogP contribution in [0.5, 0.6) is 0 Å². The van der Waals surface area contributed by atoms with Crippen LogP contribution in [-0.4, -0.2) is 37.1 Å². The third kappa shape index (κ3) is 4.75. The van der Waals surface area contributed by atoms with Crippen molar-refractivity contribution in [2.75, 3.05) is 26.2 Å². The molecule has 1 saturated heterocycles. The van der Waals surface area contributed by atoms with Crippen LogP contribution in [0.4, 0.5) is 0 Å². The summed E-state index contributed by atoms with van der Waals surface area (Å²) in [6.07, 6.45) is 4.07. The van der Waals surface area contributed by atoms with Crippen molar-refractivity contribution in [2.45, 2.75) is 66.8 Å². The summed E-state index contributed by atoms with van der Waals surface area (Å²) < 4.78 is 0. The lowest BCUT2D eigenvalue weighted by Crippen LogP contribution is -2.46. The van der Waals surface area contributed by atoms with Gasteiger partial charge in [-0.05, 0) is 49.6 Å². The molecule has 0 amide bonds. The molecule has 0 spiro atoms. The molecule has 1 aliphatic heterocycles. The van der Waals surface area contributed by atoms with Crippen molar-refractivity contribution in [3.05, 3.63) is 0 Å². The fraction of sp³-hybridized carbons (Fsp3) is 1.00. The van der Waals surface area contributed by atoms with Crippen molar-refractivity contribution in [1.82, 2.24) is 10.2 Å². The van der Waals surface area contributed by atoms with Gasteiger partial charge in [-0.3, -0.25) is 4.90 Å². The molecule has 1 fully saturated rings. The maximum Gasteiger partial charge on any atom is 0.0243 e. The summed E-state index contributed by atoms with van der Waals surface area (Å²) in [6.45, 7) is 19.0. The number of hydrogen-bond donors (Lipinski definition) is 1. The van der Waals surface area contributed by atoms with Crippen molar-refractivity contribution in [3.63, 3.8) is 0 Å². The van der Waals surface area contributed by atoms with E-state index in [1.165, 1.54) is 32.4 Å². The Labute approximate surface area is 121 Å². The molecule has 0 aliphatic carbocycles. The van der Waals surface area contributed by atoms with E-state index in [0.717, 1.165) is 24.9 Å². The van der Waals surface area contributed by atoms with Gasteiger partial charge in [0.15, 0.2) is 0 Å². The average molecular weight is 268 g/mol. The van der Waals surface area contributed by atoms with E-state index >= 15 is 0 Å². The lowest BCUT2D eigenvalue weighted by molar-refractivity contribution is 0.155. The van der Waals surface area contributed by atoms with E-state index < -0.39 is 0 Å². The summed E-state index contributed by atoms with van der Waals surface area (Å²) in [5.41, 5.74) is 0.602. The number of rotatable bonds is 8. The number of nitrogens with one attached hydrogen (secondary N) is 1. The lowest BCUT2D eigenvalue weighted by Gasteiger charge is -2.34. The standard InChI is InChI=1S/C17H36N2/c1-7-17(8-2)9-10-19(13-17)16(15(5)6)12-18-11-14(3)4/h14-16,18H,7-13H2,1-6H3. The molecule has 0 aromatic carbocycles. The molecule has 0 saturated carbocycles. The molecule has 1 rings (SSSR count). The van der Waals surface area contributed by atoms with Gasteiger partial charge < -0.3 is 5.32 Å². The fourth-order valence-corrected chi connectivity index (χ4v) is 3.39. The van der Waals surface area contributed by atoms with Crippen molar-refractivity contribution >= 4 is 0 Å². The third-order valence-electron chi connectivity index (χ3n) is 5.11. The highest BCUT2D eigenvalue weighted by molar-refractivity contribution is 4.92. The highest BCUT2D eigenvalue weighted by atomic mass is 15.2. The van der Waals surface area contributed by atoms with Gasteiger partial charge in [0.05, 0.1) is 0 Å². The molecule has 1 atom stereocenters. The minimum atomic E-state index is 0.602. The molecule has 0 aromatic heterocycles. The monoisotopic (exact) mass is 268 g/mol. The van der Waals surface area contributed by atoms with E-state index in [4.69, 9.17) is 0 Å². The zero-order chi connectivity index (χ0) is 14.5. The molecule has 0 bridgehead atoms. The van der Waals surface area contributed by atoms with Gasteiger partial charge >= 0.3 is 0 Å². The second kappa shape index (κ2) is 7.64. The smallest absolute Gasteiger partial charge is 0.0243 e. The van der Waals surface area contributed by atoms with Crippen molar-refractivity contribution in [1.29, 1.82) is 0 Å². The fourth-order valence-electron chi connectivity index (χ4n) is 3.39. The highest BCUT2D eigenvalue weighted by Gasteiger charge is 2.38. The van der Waals surface area contributed by atoms with Crippen LogP contribution < -0.4 is 5.32 Å². The summed E-state index contributed by atoms with van der Waals surface area (Å²) in [5.74, 6) is 1.49. The second-order valence-corrected chi connectivity index (χ2v) is 7.29. The first-order valence-electron chi connectivity index (χ1n) is 8.39. The van der Waals surface area contributed by atoms with E-state index in [2.05, 4.69) is 51.8 Å². The molecule has 19 heavy (non-hydrogen) atoms. The second-order valence-electron chi connectivity index (χ2n) is 7.29. The number of likely N-dealkylation sites (tertiary alicyclic amines) is 1. The molecule has 114 valence electrons. The van der Waals surface area contributed by atoms with Gasteiger partial charge in [-0.2, -0.15) is 0 Å². The summed E-state index contributed by atoms with van der Waals surface area (Å²) >= 11 is 0. The maximum absolute atomic E-state index is 3.66. The molecule has 0 radical (unpaired) electrons. The Kier molecular flexibility index (Phi) is 6.82. The normalized spacial score (nSPS) is 21.5. The van der Waals surface area contributed by atoms with Gasteiger partial charge in [-0.25, -0.2) is 0 Å². The topological polar surface area (TPSA) is 15.3 Å². The Morgan fingerprint density at radius 3 is 2.11 bits per heavy atom. The summed E-state index contributed by atoms with van der Waals surface area (Å²) in [5, 5.41) is 3.66. The molecule has 1 aliphatic rings. The highest BCUT2D eigenvalue weighted by Crippen LogP contribution is 2.38. The van der Waals surface area contributed by atoms with Gasteiger partial charge in [0, 0.05) is 19.1 Å². The van der Waals surface area contributed by atoms with Gasteiger partial charge in [-0.15, -0.1) is 0 Å². The molecule has 0 aromatic rings. The van der Waals surface area contributed by atoms with Crippen LogP contribution in [0.1, 0.15) is 60.8 Å². The quantitative estimate of drug-likeness (QED) is 0.721. The molecular formula is C17H36N2. The molecule has 1 N–H and O–H groups in total. The first-order valence-corrected chi connectivity index (χ1v) is 8.39. The van der Waals surface area contributed by atoms with Crippen LogP contribution in [0, 0.1) is 17.3 Å². The first-order chi connectivity index (χ1) is 8.94. The van der Waals surface area contributed by atoms with Crippen LogP contribution in [-0.2, 0) is 0 Å². The largest absolute Gasteiger partial charge is 0.315 e. The van der Waals surface area contributed by atoms with E-state index in [1.807, 2.05) is 0 Å². The van der Waals surface area contributed by atoms with Crippen molar-refractivity contribution < 1.29 is 0 Å². The molecule has 1 unspecified atom stereocenters. The van der Waals surface area contributed by atoms with E-state index in [9.17, 15) is 0 Å². The summed E-state index contributed by atoms with van der Waals surface area (Å²) in [6, 6.07) is 0.707. The number of hydrogen-bond acceptors (Lipinski definition) is 2. The lowest BCUT2D eigenvalue weighted by atomic mass is 9.82. The Morgan fingerprint density at radius 1 is 1.05 bits per heavy atom. The zero-order valence-corrected chi connectivity index (χ0v) is 14.1. The Morgan fingerprint density at radius 2 is 1.68 bits per heavy atom. The van der Waals surface area contributed by atoms with Gasteiger partial charge in [0.1, 0.15) is 0 Å². The van der Waals surface area contributed by atoms with Crippen LogP contribution in [0.15, 0.2) is 0 Å². The molecule has 2 nitrogen and oxygen atoms in total. The Bertz CT molecular complexity index is 244. The van der Waals surface area contributed by atoms with E-state index in [-0.39, 0.29) is 0 Å². The van der Waals surface area contributed by atoms with Gasteiger partial charge in [-0.1, -0.05) is 41.5 Å². The average Bonchev–Trinajstić information content (AvgIpc) is 2.78.